The fourth-order valence-corrected chi connectivity index (χ4v) is 1.37. The predicted molar refractivity (Wildman–Crippen MR) is 55.2 cm³/mol. The van der Waals surface area contributed by atoms with Crippen molar-refractivity contribution in [2.24, 2.45) is 0 Å². The highest BCUT2D eigenvalue weighted by Gasteiger charge is 2.32. The Kier molecular flexibility index (Phi) is 3.74. The number of aliphatic carboxylic acids is 1. The zero-order valence-electron chi connectivity index (χ0n) is 9.65. The third-order valence-electron chi connectivity index (χ3n) is 1.99. The number of carboxylic acids is 1. The van der Waals surface area contributed by atoms with E-state index in [2.05, 4.69) is 5.32 Å². The van der Waals surface area contributed by atoms with Crippen LogP contribution in [0.5, 0.6) is 0 Å². The lowest BCUT2D eigenvalue weighted by atomic mass is 10.2. The van der Waals surface area contributed by atoms with E-state index < -0.39 is 23.8 Å². The van der Waals surface area contributed by atoms with Crippen LogP contribution in [0.4, 0.5) is 4.79 Å². The number of rotatable bonds is 2. The number of hydrogen-bond donors (Lipinski definition) is 2. The molecule has 6 nitrogen and oxygen atoms in total. The first kappa shape index (κ1) is 12.8. The van der Waals surface area contributed by atoms with Crippen molar-refractivity contribution in [3.05, 3.63) is 0 Å². The molecule has 0 aromatic carbocycles. The molecule has 1 aliphatic rings. The quantitative estimate of drug-likeness (QED) is 0.732. The summed E-state index contributed by atoms with van der Waals surface area (Å²) in [7, 11) is 0. The van der Waals surface area contributed by atoms with E-state index in [9.17, 15) is 9.59 Å². The van der Waals surface area contributed by atoms with Crippen molar-refractivity contribution >= 4 is 12.1 Å². The maximum Gasteiger partial charge on any atom is 0.407 e. The minimum absolute atomic E-state index is 0.205. The van der Waals surface area contributed by atoms with E-state index in [1.54, 1.807) is 20.8 Å². The molecule has 0 radical (unpaired) electrons. The molecule has 6 heteroatoms. The number of amides is 1. The van der Waals surface area contributed by atoms with Gasteiger partial charge in [0.25, 0.3) is 0 Å². The zero-order valence-corrected chi connectivity index (χ0v) is 9.65. The molecule has 0 saturated carbocycles. The van der Waals surface area contributed by atoms with E-state index >= 15 is 0 Å². The van der Waals surface area contributed by atoms with Crippen LogP contribution in [0.25, 0.3) is 0 Å². The number of ether oxygens (including phenoxy) is 2. The molecule has 1 saturated heterocycles. The van der Waals surface area contributed by atoms with Crippen LogP contribution in [0.2, 0.25) is 0 Å². The Hall–Kier alpha value is -1.30. The van der Waals surface area contributed by atoms with Crippen molar-refractivity contribution in [1.29, 1.82) is 0 Å². The van der Waals surface area contributed by atoms with Gasteiger partial charge in [-0.2, -0.15) is 0 Å². The van der Waals surface area contributed by atoms with Crippen LogP contribution >= 0.6 is 0 Å². The van der Waals surface area contributed by atoms with E-state index in [1.807, 2.05) is 0 Å². The topological polar surface area (TPSA) is 84.9 Å². The molecule has 1 aliphatic heterocycles. The summed E-state index contributed by atoms with van der Waals surface area (Å²) in [5, 5.41) is 11.3. The monoisotopic (exact) mass is 231 g/mol. The average Bonchev–Trinajstić information content (AvgIpc) is 2.48. The molecule has 1 rings (SSSR count). The number of carboxylic acid groups (broad SMARTS) is 1. The Balaban J connectivity index is 2.34. The van der Waals surface area contributed by atoms with E-state index in [0.717, 1.165) is 0 Å². The van der Waals surface area contributed by atoms with Gasteiger partial charge < -0.3 is 19.9 Å². The third kappa shape index (κ3) is 4.06. The highest BCUT2D eigenvalue weighted by molar-refractivity contribution is 5.73. The van der Waals surface area contributed by atoms with Crippen molar-refractivity contribution in [3.8, 4) is 0 Å². The Morgan fingerprint density at radius 2 is 2.06 bits per heavy atom. The molecule has 0 bridgehead atoms. The zero-order chi connectivity index (χ0) is 12.3. The second-order valence-electron chi connectivity index (χ2n) is 4.74. The van der Waals surface area contributed by atoms with Gasteiger partial charge in [0.15, 0.2) is 6.10 Å². The molecular formula is C10H17NO5. The van der Waals surface area contributed by atoms with Gasteiger partial charge in [0.2, 0.25) is 0 Å². The smallest absolute Gasteiger partial charge is 0.407 e. The van der Waals surface area contributed by atoms with Crippen LogP contribution in [0, 0.1) is 0 Å². The molecule has 0 aromatic rings. The molecule has 1 fully saturated rings. The van der Waals surface area contributed by atoms with Crippen molar-refractivity contribution in [2.75, 3.05) is 6.61 Å². The van der Waals surface area contributed by atoms with E-state index in [1.165, 1.54) is 0 Å². The second kappa shape index (κ2) is 4.69. The van der Waals surface area contributed by atoms with Crippen LogP contribution in [-0.2, 0) is 14.3 Å². The maximum absolute atomic E-state index is 11.4. The lowest BCUT2D eigenvalue weighted by Crippen LogP contribution is -2.39. The summed E-state index contributed by atoms with van der Waals surface area (Å²) in [5.41, 5.74) is -0.560. The summed E-state index contributed by atoms with van der Waals surface area (Å²) in [6, 6.07) is -0.295. The first-order chi connectivity index (χ1) is 7.28. The molecule has 0 aliphatic carbocycles. The van der Waals surface area contributed by atoms with Crippen LogP contribution in [0.1, 0.15) is 27.2 Å². The lowest BCUT2D eigenvalue weighted by Gasteiger charge is -2.21. The van der Waals surface area contributed by atoms with Gasteiger partial charge in [-0.1, -0.05) is 0 Å². The molecule has 1 heterocycles. The van der Waals surface area contributed by atoms with Gasteiger partial charge in [-0.25, -0.2) is 9.59 Å². The fourth-order valence-electron chi connectivity index (χ4n) is 1.37. The Morgan fingerprint density at radius 1 is 1.44 bits per heavy atom. The fraction of sp³-hybridized carbons (Fsp3) is 0.800. The van der Waals surface area contributed by atoms with Crippen molar-refractivity contribution in [1.82, 2.24) is 5.32 Å². The summed E-state index contributed by atoms with van der Waals surface area (Å²) < 4.78 is 10.0. The van der Waals surface area contributed by atoms with Crippen LogP contribution < -0.4 is 5.32 Å². The van der Waals surface area contributed by atoms with Gasteiger partial charge in [-0.05, 0) is 20.8 Å². The second-order valence-corrected chi connectivity index (χ2v) is 4.74. The van der Waals surface area contributed by atoms with Crippen molar-refractivity contribution < 1.29 is 24.2 Å². The lowest BCUT2D eigenvalue weighted by molar-refractivity contribution is -0.147. The maximum atomic E-state index is 11.4. The Labute approximate surface area is 93.9 Å². The molecule has 0 spiro atoms. The normalized spacial score (nSPS) is 25.2. The molecule has 2 atom stereocenters. The average molecular weight is 231 g/mol. The summed E-state index contributed by atoms with van der Waals surface area (Å²) in [6.45, 7) is 5.49. The van der Waals surface area contributed by atoms with Crippen molar-refractivity contribution in [2.45, 2.75) is 44.9 Å². The molecular weight excluding hydrogens is 214 g/mol. The number of carbonyl (C=O) groups excluding carboxylic acids is 1. The van der Waals surface area contributed by atoms with Crippen molar-refractivity contribution in [3.63, 3.8) is 0 Å². The number of carbonyl (C=O) groups is 2. The molecule has 92 valence electrons. The minimum Gasteiger partial charge on any atom is -0.479 e. The van der Waals surface area contributed by atoms with Gasteiger partial charge in [-0.3, -0.25) is 0 Å². The molecule has 0 aromatic heterocycles. The first-order valence-electron chi connectivity index (χ1n) is 5.12. The summed E-state index contributed by atoms with van der Waals surface area (Å²) in [6.07, 6.45) is -1.11. The van der Waals surface area contributed by atoms with Crippen LogP contribution in [0.15, 0.2) is 0 Å². The summed E-state index contributed by atoms with van der Waals surface area (Å²) >= 11 is 0. The first-order valence-corrected chi connectivity index (χ1v) is 5.12. The van der Waals surface area contributed by atoms with E-state index in [0.29, 0.717) is 0 Å². The number of alkyl carbamates (subject to hydrolysis) is 1. The Bertz CT molecular complexity index is 283. The van der Waals surface area contributed by atoms with Gasteiger partial charge in [-0.15, -0.1) is 0 Å². The minimum atomic E-state index is -1.01. The Morgan fingerprint density at radius 3 is 2.50 bits per heavy atom. The number of hydrogen-bond acceptors (Lipinski definition) is 4. The largest absolute Gasteiger partial charge is 0.479 e. The van der Waals surface area contributed by atoms with Gasteiger partial charge in [0.1, 0.15) is 5.60 Å². The standard InChI is InChI=1S/C10H17NO5/c1-10(2,3)16-9(14)11-6-4-7(8(12)13)15-5-6/h6-7H,4-5H2,1-3H3,(H,11,14)(H,12,13)/t6-,7+/m0/s1. The number of nitrogens with one attached hydrogen (secondary N) is 1. The predicted octanol–water partition coefficient (Wildman–Crippen LogP) is 0.753. The summed E-state index contributed by atoms with van der Waals surface area (Å²) in [5.74, 6) is -1.01. The van der Waals surface area contributed by atoms with Crippen LogP contribution in [0.3, 0.4) is 0 Å². The highest BCUT2D eigenvalue weighted by atomic mass is 16.6. The van der Waals surface area contributed by atoms with E-state index in [4.69, 9.17) is 14.6 Å². The molecule has 2 N–H and O–H groups in total. The molecule has 0 unspecified atom stereocenters. The van der Waals surface area contributed by atoms with Gasteiger partial charge in [0, 0.05) is 6.42 Å². The van der Waals surface area contributed by atoms with Crippen LogP contribution in [-0.4, -0.2) is 41.5 Å². The van der Waals surface area contributed by atoms with Gasteiger partial charge in [0.05, 0.1) is 12.6 Å². The van der Waals surface area contributed by atoms with Gasteiger partial charge >= 0.3 is 12.1 Å². The SMILES string of the molecule is CC(C)(C)OC(=O)N[C@@H]1CO[C@@H](C(=O)O)C1. The molecule has 16 heavy (non-hydrogen) atoms. The third-order valence-corrected chi connectivity index (χ3v) is 1.99. The van der Waals surface area contributed by atoms with E-state index in [-0.39, 0.29) is 19.1 Å². The summed E-state index contributed by atoms with van der Waals surface area (Å²) in [4.78, 5) is 21.9. The molecule has 1 amide bonds. The highest BCUT2D eigenvalue weighted by Crippen LogP contribution is 2.14.